The Bertz CT molecular complexity index is 639. The maximum atomic E-state index is 8.81. The van der Waals surface area contributed by atoms with E-state index in [1.54, 1.807) is 11.3 Å². The smallest absolute Gasteiger partial charge is 0.104 e. The Morgan fingerprint density at radius 3 is 2.67 bits per heavy atom. The zero-order chi connectivity index (χ0) is 15.2. The van der Waals surface area contributed by atoms with E-state index in [9.17, 15) is 0 Å². The molecule has 0 bridgehead atoms. The van der Waals surface area contributed by atoms with E-state index < -0.39 is 0 Å². The third-order valence-electron chi connectivity index (χ3n) is 3.45. The molecule has 2 nitrogen and oxygen atoms in total. The molecule has 2 aromatic rings. The second-order valence-corrected chi connectivity index (χ2v) is 6.30. The van der Waals surface area contributed by atoms with Gasteiger partial charge in [0.05, 0.1) is 0 Å². The fourth-order valence-electron chi connectivity index (χ4n) is 2.07. The van der Waals surface area contributed by atoms with Crippen molar-refractivity contribution >= 4 is 22.9 Å². The minimum atomic E-state index is -0.105. The van der Waals surface area contributed by atoms with Crippen LogP contribution in [0.3, 0.4) is 0 Å². The Kier molecular flexibility index (Phi) is 5.84. The van der Waals surface area contributed by atoms with Gasteiger partial charge in [0.15, 0.2) is 0 Å². The van der Waals surface area contributed by atoms with Gasteiger partial charge in [0.25, 0.3) is 0 Å². The second-order valence-electron chi connectivity index (χ2n) is 4.86. The lowest BCUT2D eigenvalue weighted by molar-refractivity contribution is 0.255. The summed E-state index contributed by atoms with van der Waals surface area (Å²) in [6.45, 7) is 2.90. The Hall–Kier alpha value is -1.31. The van der Waals surface area contributed by atoms with Crippen LogP contribution in [0, 0.1) is 11.8 Å². The normalized spacial score (nSPS) is 12.0. The van der Waals surface area contributed by atoms with Crippen molar-refractivity contribution in [2.75, 3.05) is 13.7 Å². The summed E-state index contributed by atoms with van der Waals surface area (Å²) in [6.07, 6.45) is 0. The molecule has 1 atom stereocenters. The molecule has 110 valence electrons. The van der Waals surface area contributed by atoms with Crippen LogP contribution in [0.5, 0.6) is 0 Å². The molecule has 0 fully saturated rings. The molecule has 4 heteroatoms. The van der Waals surface area contributed by atoms with Crippen LogP contribution >= 0.6 is 22.9 Å². The third-order valence-corrected chi connectivity index (χ3v) is 4.61. The van der Waals surface area contributed by atoms with Gasteiger partial charge in [-0.1, -0.05) is 35.6 Å². The van der Waals surface area contributed by atoms with Crippen LogP contribution in [0.2, 0.25) is 5.02 Å². The molecular formula is C17H18ClNOS. The van der Waals surface area contributed by atoms with Gasteiger partial charge in [-0.15, -0.1) is 11.3 Å². The fraction of sp³-hybridized carbons (Fsp3) is 0.294. The van der Waals surface area contributed by atoms with Crippen LogP contribution < -0.4 is 0 Å². The number of rotatable bonds is 4. The van der Waals surface area contributed by atoms with Gasteiger partial charge in [0.2, 0.25) is 0 Å². The average molecular weight is 320 g/mol. The van der Waals surface area contributed by atoms with E-state index in [2.05, 4.69) is 42.8 Å². The summed E-state index contributed by atoms with van der Waals surface area (Å²) in [5, 5.41) is 11.6. The average Bonchev–Trinajstić information content (AvgIpc) is 2.92. The largest absolute Gasteiger partial charge is 0.384 e. The van der Waals surface area contributed by atoms with Crippen molar-refractivity contribution in [3.05, 3.63) is 56.7 Å². The molecule has 1 aromatic heterocycles. The van der Waals surface area contributed by atoms with Gasteiger partial charge in [0.1, 0.15) is 6.61 Å². The molecule has 0 spiro atoms. The van der Waals surface area contributed by atoms with Crippen LogP contribution in [-0.2, 0) is 6.54 Å². The minimum absolute atomic E-state index is 0.105. The first-order valence-electron chi connectivity index (χ1n) is 6.73. The van der Waals surface area contributed by atoms with Gasteiger partial charge < -0.3 is 5.11 Å². The molecule has 0 aliphatic heterocycles. The van der Waals surface area contributed by atoms with Crippen LogP contribution in [0.15, 0.2) is 35.7 Å². The van der Waals surface area contributed by atoms with E-state index in [1.807, 2.05) is 23.6 Å². The number of thiophene rings is 1. The summed E-state index contributed by atoms with van der Waals surface area (Å²) in [6, 6.07) is 10.3. The van der Waals surface area contributed by atoms with E-state index in [1.165, 1.54) is 10.4 Å². The van der Waals surface area contributed by atoms with Gasteiger partial charge >= 0.3 is 0 Å². The first-order chi connectivity index (χ1) is 10.1. The van der Waals surface area contributed by atoms with Crippen LogP contribution in [0.4, 0.5) is 0 Å². The van der Waals surface area contributed by atoms with Crippen LogP contribution in [-0.4, -0.2) is 23.7 Å². The highest BCUT2D eigenvalue weighted by Gasteiger charge is 2.14. The maximum Gasteiger partial charge on any atom is 0.104 e. The van der Waals surface area contributed by atoms with Gasteiger partial charge in [-0.25, -0.2) is 0 Å². The van der Waals surface area contributed by atoms with Gasteiger partial charge in [0, 0.05) is 28.0 Å². The molecule has 0 saturated heterocycles. The Labute approximate surface area is 135 Å². The fourth-order valence-corrected chi connectivity index (χ4v) is 3.09. The van der Waals surface area contributed by atoms with Crippen molar-refractivity contribution in [3.63, 3.8) is 0 Å². The van der Waals surface area contributed by atoms with E-state index in [-0.39, 0.29) is 6.61 Å². The van der Waals surface area contributed by atoms with Crippen molar-refractivity contribution < 1.29 is 5.11 Å². The lowest BCUT2D eigenvalue weighted by atomic mass is 10.1. The highest BCUT2D eigenvalue weighted by atomic mass is 35.5. The standard InChI is InChI=1S/C17H18ClNOS/c1-13(14-5-7-16(18)8-6-14)19(2)12-17-15(4-3-10-20)9-11-21-17/h5-9,11,13,20H,10,12H2,1-2H3. The topological polar surface area (TPSA) is 23.5 Å². The number of aliphatic hydroxyl groups excluding tert-OH is 1. The zero-order valence-electron chi connectivity index (χ0n) is 12.1. The van der Waals surface area contributed by atoms with Gasteiger partial charge in [-0.3, -0.25) is 4.90 Å². The molecule has 1 unspecified atom stereocenters. The van der Waals surface area contributed by atoms with E-state index in [0.29, 0.717) is 6.04 Å². The quantitative estimate of drug-likeness (QED) is 0.863. The minimum Gasteiger partial charge on any atom is -0.384 e. The van der Waals surface area contributed by atoms with Gasteiger partial charge in [-0.05, 0) is 43.1 Å². The van der Waals surface area contributed by atoms with Crippen LogP contribution in [0.1, 0.15) is 29.0 Å². The molecule has 0 amide bonds. The lowest BCUT2D eigenvalue weighted by Gasteiger charge is -2.24. The number of hydrogen-bond acceptors (Lipinski definition) is 3. The first kappa shape index (κ1) is 16.1. The Balaban J connectivity index is 2.09. The summed E-state index contributed by atoms with van der Waals surface area (Å²) in [5.41, 5.74) is 2.24. The van der Waals surface area contributed by atoms with Crippen molar-refractivity contribution in [2.45, 2.75) is 19.5 Å². The number of benzene rings is 1. The van der Waals surface area contributed by atoms with E-state index >= 15 is 0 Å². The number of nitrogens with zero attached hydrogens (tertiary/aromatic N) is 1. The lowest BCUT2D eigenvalue weighted by Crippen LogP contribution is -2.21. The highest BCUT2D eigenvalue weighted by Crippen LogP contribution is 2.25. The number of aliphatic hydroxyl groups is 1. The highest BCUT2D eigenvalue weighted by molar-refractivity contribution is 7.10. The molecule has 0 radical (unpaired) electrons. The second kappa shape index (κ2) is 7.63. The van der Waals surface area contributed by atoms with Gasteiger partial charge in [-0.2, -0.15) is 0 Å². The molecule has 0 aliphatic rings. The summed E-state index contributed by atoms with van der Waals surface area (Å²) in [7, 11) is 2.10. The summed E-state index contributed by atoms with van der Waals surface area (Å²) < 4.78 is 0. The van der Waals surface area contributed by atoms with E-state index in [4.69, 9.17) is 16.7 Å². The molecule has 1 heterocycles. The Morgan fingerprint density at radius 2 is 2.00 bits per heavy atom. The van der Waals surface area contributed by atoms with E-state index in [0.717, 1.165) is 17.1 Å². The molecule has 0 saturated carbocycles. The number of hydrogen-bond donors (Lipinski definition) is 1. The molecule has 2 rings (SSSR count). The molecule has 1 aromatic carbocycles. The molecule has 1 N–H and O–H groups in total. The summed E-state index contributed by atoms with van der Waals surface area (Å²) >= 11 is 7.63. The van der Waals surface area contributed by atoms with Crippen molar-refractivity contribution in [1.82, 2.24) is 4.90 Å². The zero-order valence-corrected chi connectivity index (χ0v) is 13.7. The summed E-state index contributed by atoms with van der Waals surface area (Å²) in [5.74, 6) is 5.71. The Morgan fingerprint density at radius 1 is 1.29 bits per heavy atom. The SMILES string of the molecule is CC(c1ccc(Cl)cc1)N(C)Cc1sccc1C#CCO. The molecule has 0 aliphatic carbocycles. The predicted molar refractivity (Wildman–Crippen MR) is 89.6 cm³/mol. The summed E-state index contributed by atoms with van der Waals surface area (Å²) in [4.78, 5) is 3.50. The maximum absolute atomic E-state index is 8.81. The van der Waals surface area contributed by atoms with Crippen molar-refractivity contribution in [1.29, 1.82) is 0 Å². The number of halogens is 1. The first-order valence-corrected chi connectivity index (χ1v) is 7.99. The van der Waals surface area contributed by atoms with Crippen molar-refractivity contribution in [3.8, 4) is 11.8 Å². The predicted octanol–water partition coefficient (Wildman–Crippen LogP) is 3.94. The monoisotopic (exact) mass is 319 g/mol. The van der Waals surface area contributed by atoms with Crippen LogP contribution in [0.25, 0.3) is 0 Å². The van der Waals surface area contributed by atoms with Crippen molar-refractivity contribution in [2.24, 2.45) is 0 Å². The molecular weight excluding hydrogens is 302 g/mol. The third kappa shape index (κ3) is 4.33. The molecule has 21 heavy (non-hydrogen) atoms.